The van der Waals surface area contributed by atoms with Crippen LogP contribution in [0.1, 0.15) is 5.82 Å². The Balaban J connectivity index is 1.86. The summed E-state index contributed by atoms with van der Waals surface area (Å²) in [5.74, 6) is 4.34. The van der Waals surface area contributed by atoms with Crippen LogP contribution in [-0.2, 0) is 0 Å². The van der Waals surface area contributed by atoms with Gasteiger partial charge in [-0.2, -0.15) is 0 Å². The number of hydrogen-bond acceptors (Lipinski definition) is 8. The maximum atomic E-state index is 5.40. The zero-order valence-electron chi connectivity index (χ0n) is 17.1. The highest BCUT2D eigenvalue weighted by molar-refractivity contribution is 5.68. The van der Waals surface area contributed by atoms with Crippen LogP contribution < -0.4 is 29.6 Å². The first-order valence-corrected chi connectivity index (χ1v) is 8.90. The van der Waals surface area contributed by atoms with Crippen molar-refractivity contribution in [2.24, 2.45) is 0 Å². The van der Waals surface area contributed by atoms with Gasteiger partial charge in [0.2, 0.25) is 5.75 Å². The molecule has 0 aliphatic carbocycles. The van der Waals surface area contributed by atoms with Gasteiger partial charge in [0.1, 0.15) is 23.2 Å². The predicted molar refractivity (Wildman–Crippen MR) is 112 cm³/mol. The Morgan fingerprint density at radius 2 is 1.21 bits per heavy atom. The van der Waals surface area contributed by atoms with E-state index in [0.717, 1.165) is 17.1 Å². The quantitative estimate of drug-likeness (QED) is 0.583. The summed E-state index contributed by atoms with van der Waals surface area (Å²) < 4.78 is 21.4. The number of methoxy groups -OCH3 is 4. The molecule has 0 saturated heterocycles. The molecule has 0 radical (unpaired) electrons. The molecule has 0 unspecified atom stereocenters. The van der Waals surface area contributed by atoms with E-state index in [4.69, 9.17) is 18.9 Å². The third kappa shape index (κ3) is 4.78. The maximum absolute atomic E-state index is 5.40. The SMILES string of the molecule is COc1ccc(Nc2cc(Nc3cc(OC)c(OC)c(OC)c3)nc(C)n2)cc1. The minimum absolute atomic E-state index is 0.529. The highest BCUT2D eigenvalue weighted by atomic mass is 16.5. The fourth-order valence-corrected chi connectivity index (χ4v) is 2.82. The van der Waals surface area contributed by atoms with E-state index in [2.05, 4.69) is 20.6 Å². The molecule has 3 rings (SSSR count). The van der Waals surface area contributed by atoms with Gasteiger partial charge >= 0.3 is 0 Å². The van der Waals surface area contributed by atoms with Crippen LogP contribution in [0.25, 0.3) is 0 Å². The first kappa shape index (κ1) is 20.1. The van der Waals surface area contributed by atoms with E-state index in [0.29, 0.717) is 34.7 Å². The Bertz CT molecular complexity index is 952. The fourth-order valence-electron chi connectivity index (χ4n) is 2.82. The number of aryl methyl sites for hydroxylation is 1. The minimum Gasteiger partial charge on any atom is -0.497 e. The number of rotatable bonds is 8. The average molecular weight is 396 g/mol. The Morgan fingerprint density at radius 3 is 1.69 bits per heavy atom. The molecule has 8 nitrogen and oxygen atoms in total. The van der Waals surface area contributed by atoms with E-state index in [1.165, 1.54) is 0 Å². The monoisotopic (exact) mass is 396 g/mol. The number of hydrogen-bond donors (Lipinski definition) is 2. The van der Waals surface area contributed by atoms with Gasteiger partial charge in [-0.3, -0.25) is 0 Å². The minimum atomic E-state index is 0.529. The summed E-state index contributed by atoms with van der Waals surface area (Å²) >= 11 is 0. The fraction of sp³-hybridized carbons (Fsp3) is 0.238. The van der Waals surface area contributed by atoms with E-state index in [9.17, 15) is 0 Å². The second-order valence-electron chi connectivity index (χ2n) is 6.08. The van der Waals surface area contributed by atoms with Crippen molar-refractivity contribution in [2.45, 2.75) is 6.92 Å². The number of nitrogens with zero attached hydrogens (tertiary/aromatic N) is 2. The lowest BCUT2D eigenvalue weighted by Crippen LogP contribution is -2.02. The van der Waals surface area contributed by atoms with Gasteiger partial charge in [0.25, 0.3) is 0 Å². The molecule has 1 aromatic heterocycles. The molecule has 0 atom stereocenters. The summed E-state index contributed by atoms with van der Waals surface area (Å²) in [5.41, 5.74) is 1.63. The van der Waals surface area contributed by atoms with Crippen molar-refractivity contribution in [3.63, 3.8) is 0 Å². The van der Waals surface area contributed by atoms with Crippen LogP contribution in [0, 0.1) is 6.92 Å². The lowest BCUT2D eigenvalue weighted by Gasteiger charge is -2.15. The molecule has 0 saturated carbocycles. The molecule has 0 fully saturated rings. The molecular formula is C21H24N4O4. The van der Waals surface area contributed by atoms with Crippen molar-refractivity contribution < 1.29 is 18.9 Å². The molecule has 3 aromatic rings. The van der Waals surface area contributed by atoms with Gasteiger partial charge in [0.15, 0.2) is 11.5 Å². The van der Waals surface area contributed by atoms with Crippen LogP contribution in [0.2, 0.25) is 0 Å². The Labute approximate surface area is 169 Å². The first-order valence-electron chi connectivity index (χ1n) is 8.90. The van der Waals surface area contributed by atoms with Crippen LogP contribution in [0.4, 0.5) is 23.0 Å². The van der Waals surface area contributed by atoms with Gasteiger partial charge in [-0.05, 0) is 31.2 Å². The van der Waals surface area contributed by atoms with Gasteiger partial charge < -0.3 is 29.6 Å². The van der Waals surface area contributed by atoms with Crippen molar-refractivity contribution in [3.8, 4) is 23.0 Å². The highest BCUT2D eigenvalue weighted by Crippen LogP contribution is 2.40. The van der Waals surface area contributed by atoms with Crippen molar-refractivity contribution in [1.82, 2.24) is 9.97 Å². The molecule has 0 amide bonds. The second kappa shape index (κ2) is 9.01. The lowest BCUT2D eigenvalue weighted by atomic mass is 10.2. The zero-order valence-corrected chi connectivity index (χ0v) is 17.1. The molecule has 0 aliphatic rings. The summed E-state index contributed by atoms with van der Waals surface area (Å²) in [6.45, 7) is 1.83. The van der Waals surface area contributed by atoms with Crippen molar-refractivity contribution in [2.75, 3.05) is 39.1 Å². The van der Waals surface area contributed by atoms with Gasteiger partial charge in [-0.1, -0.05) is 0 Å². The van der Waals surface area contributed by atoms with Gasteiger partial charge in [0.05, 0.1) is 28.4 Å². The summed E-state index contributed by atoms with van der Waals surface area (Å²) in [6, 6.07) is 13.0. The predicted octanol–water partition coefficient (Wildman–Crippen LogP) is 4.31. The lowest BCUT2D eigenvalue weighted by molar-refractivity contribution is 0.324. The summed E-state index contributed by atoms with van der Waals surface area (Å²) in [5, 5.41) is 6.53. The maximum Gasteiger partial charge on any atom is 0.203 e. The van der Waals surface area contributed by atoms with Crippen LogP contribution in [0.3, 0.4) is 0 Å². The topological polar surface area (TPSA) is 86.8 Å². The molecular weight excluding hydrogens is 372 g/mol. The second-order valence-corrected chi connectivity index (χ2v) is 6.08. The number of nitrogens with one attached hydrogen (secondary N) is 2. The Kier molecular flexibility index (Phi) is 6.23. The molecule has 8 heteroatoms. The van der Waals surface area contributed by atoms with Crippen LogP contribution in [0.15, 0.2) is 42.5 Å². The van der Waals surface area contributed by atoms with Crippen LogP contribution >= 0.6 is 0 Å². The third-order valence-electron chi connectivity index (χ3n) is 4.14. The van der Waals surface area contributed by atoms with Gasteiger partial charge in [-0.15, -0.1) is 0 Å². The van der Waals surface area contributed by atoms with Crippen molar-refractivity contribution in [3.05, 3.63) is 48.3 Å². The Hall–Kier alpha value is -3.68. The first-order chi connectivity index (χ1) is 14.1. The smallest absolute Gasteiger partial charge is 0.203 e. The third-order valence-corrected chi connectivity index (χ3v) is 4.14. The van der Waals surface area contributed by atoms with Crippen LogP contribution in [0.5, 0.6) is 23.0 Å². The summed E-state index contributed by atoms with van der Waals surface area (Å²) in [7, 11) is 6.36. The number of anilines is 4. The summed E-state index contributed by atoms with van der Waals surface area (Å²) in [4.78, 5) is 8.90. The molecule has 0 aliphatic heterocycles. The largest absolute Gasteiger partial charge is 0.497 e. The average Bonchev–Trinajstić information content (AvgIpc) is 2.73. The summed E-state index contributed by atoms with van der Waals surface area (Å²) in [6.07, 6.45) is 0. The number of ether oxygens (including phenoxy) is 4. The molecule has 2 N–H and O–H groups in total. The molecule has 1 heterocycles. The van der Waals surface area contributed by atoms with E-state index >= 15 is 0 Å². The van der Waals surface area contributed by atoms with Gasteiger partial charge in [0, 0.05) is 29.6 Å². The number of benzene rings is 2. The van der Waals surface area contributed by atoms with E-state index in [1.54, 1.807) is 28.4 Å². The van der Waals surface area contributed by atoms with E-state index in [1.807, 2.05) is 49.4 Å². The highest BCUT2D eigenvalue weighted by Gasteiger charge is 2.14. The van der Waals surface area contributed by atoms with E-state index in [-0.39, 0.29) is 0 Å². The molecule has 0 spiro atoms. The van der Waals surface area contributed by atoms with Crippen molar-refractivity contribution in [1.29, 1.82) is 0 Å². The van der Waals surface area contributed by atoms with E-state index < -0.39 is 0 Å². The number of aromatic nitrogens is 2. The van der Waals surface area contributed by atoms with Crippen LogP contribution in [-0.4, -0.2) is 38.4 Å². The molecule has 29 heavy (non-hydrogen) atoms. The zero-order chi connectivity index (χ0) is 20.8. The van der Waals surface area contributed by atoms with Crippen molar-refractivity contribution >= 4 is 23.0 Å². The van der Waals surface area contributed by atoms with Gasteiger partial charge in [-0.25, -0.2) is 9.97 Å². The molecule has 2 aromatic carbocycles. The normalized spacial score (nSPS) is 10.2. The molecule has 152 valence electrons. The Morgan fingerprint density at radius 1 is 0.655 bits per heavy atom. The molecule has 0 bridgehead atoms. The standard InChI is InChI=1S/C21H24N4O4/c1-13-22-19(24-14-6-8-16(26-2)9-7-14)12-20(23-13)25-15-10-17(27-3)21(29-5)18(11-15)28-4/h6-12H,1-5H3,(H2,22,23,24,25).